The zero-order valence-corrected chi connectivity index (χ0v) is 29.2. The van der Waals surface area contributed by atoms with Crippen LogP contribution in [-0.2, 0) is 28.4 Å². The molecule has 3 aromatic carbocycles. The molecule has 10 heteroatoms. The number of benzene rings is 3. The normalized spacial score (nSPS) is 29.4. The summed E-state index contributed by atoms with van der Waals surface area (Å²) in [6, 6.07) is 26.0. The van der Waals surface area contributed by atoms with Crippen LogP contribution in [0.1, 0.15) is 85.0 Å². The third kappa shape index (κ3) is 8.67. The number of carbonyl (C=O) groups is 3. The molecule has 2 saturated heterocycles. The monoisotopic (exact) mass is 685 g/mol. The fourth-order valence-corrected chi connectivity index (χ4v) is 6.65. The lowest BCUT2D eigenvalue weighted by atomic mass is 9.84. The molecule has 0 saturated carbocycles. The Morgan fingerprint density at radius 2 is 0.980 bits per heavy atom. The SMILES string of the molecule is CCC1OC(CC(C)=N)C(C)C(OC2OC(CC)C(OC(=O)c3ccccc3)C(OC(=O)c3ccccc3)C2C)C1OC(=O)c1ccccc1. The summed E-state index contributed by atoms with van der Waals surface area (Å²) in [4.78, 5) is 40.3. The van der Waals surface area contributed by atoms with Gasteiger partial charge in [-0.15, -0.1) is 0 Å². The van der Waals surface area contributed by atoms with Gasteiger partial charge in [0.2, 0.25) is 0 Å². The van der Waals surface area contributed by atoms with Crippen molar-refractivity contribution in [1.82, 2.24) is 0 Å². The highest BCUT2D eigenvalue weighted by molar-refractivity contribution is 5.90. The second-order valence-electron chi connectivity index (χ2n) is 13.1. The van der Waals surface area contributed by atoms with Crippen LogP contribution >= 0.6 is 0 Å². The molecule has 266 valence electrons. The van der Waals surface area contributed by atoms with Crippen molar-refractivity contribution in [1.29, 1.82) is 5.41 Å². The molecule has 0 bridgehead atoms. The van der Waals surface area contributed by atoms with Crippen LogP contribution in [0.25, 0.3) is 0 Å². The minimum atomic E-state index is -0.943. The summed E-state index contributed by atoms with van der Waals surface area (Å²) in [6.45, 7) is 9.36. The maximum atomic E-state index is 13.5. The van der Waals surface area contributed by atoms with Crippen molar-refractivity contribution in [2.45, 2.75) is 103 Å². The van der Waals surface area contributed by atoms with Gasteiger partial charge < -0.3 is 33.8 Å². The molecule has 0 aromatic heterocycles. The number of carbonyl (C=O) groups excluding carboxylic acids is 3. The topological polar surface area (TPSA) is 130 Å². The lowest BCUT2D eigenvalue weighted by Gasteiger charge is -2.49. The van der Waals surface area contributed by atoms with E-state index in [9.17, 15) is 14.4 Å². The van der Waals surface area contributed by atoms with Crippen LogP contribution in [0.4, 0.5) is 0 Å². The third-order valence-electron chi connectivity index (χ3n) is 9.45. The number of hydrogen-bond acceptors (Lipinski definition) is 10. The summed E-state index contributed by atoms with van der Waals surface area (Å²) in [5, 5.41) is 8.20. The van der Waals surface area contributed by atoms with Gasteiger partial charge in [0, 0.05) is 24.0 Å². The fraction of sp³-hybridized carbons (Fsp3) is 0.450. The molecule has 50 heavy (non-hydrogen) atoms. The van der Waals surface area contributed by atoms with E-state index in [0.717, 1.165) is 0 Å². The zero-order chi connectivity index (χ0) is 35.8. The van der Waals surface area contributed by atoms with Crippen molar-refractivity contribution < 1.29 is 42.8 Å². The predicted octanol–water partition coefficient (Wildman–Crippen LogP) is 7.06. The van der Waals surface area contributed by atoms with Crippen molar-refractivity contribution in [3.05, 3.63) is 108 Å². The van der Waals surface area contributed by atoms with Crippen LogP contribution in [0.2, 0.25) is 0 Å². The standard InChI is InChI=1S/C40H47NO9/c1-6-30-35(48-38(43)28-19-13-9-14-20-28)33(25(4)32(45-30)23-24(3)41)50-40-26(5)34(47-37(42)27-17-11-8-12-18-27)36(31(7-2)46-40)49-39(44)29-21-15-10-16-22-29/h8-22,25-26,30-36,40-41H,6-7,23H2,1-5H3. The van der Waals surface area contributed by atoms with E-state index in [-0.39, 0.29) is 12.0 Å². The van der Waals surface area contributed by atoms with E-state index in [1.807, 2.05) is 45.9 Å². The summed E-state index contributed by atoms with van der Waals surface area (Å²) in [6.07, 6.45) is -4.59. The van der Waals surface area contributed by atoms with Gasteiger partial charge in [-0.25, -0.2) is 14.4 Å². The van der Waals surface area contributed by atoms with Gasteiger partial charge in [0.25, 0.3) is 0 Å². The number of ether oxygens (including phenoxy) is 6. The summed E-state index contributed by atoms with van der Waals surface area (Å²) in [5.41, 5.74) is 1.57. The quantitative estimate of drug-likeness (QED) is 0.121. The van der Waals surface area contributed by atoms with Gasteiger partial charge in [0.1, 0.15) is 18.3 Å². The van der Waals surface area contributed by atoms with Crippen LogP contribution < -0.4 is 0 Å². The molecule has 2 fully saturated rings. The van der Waals surface area contributed by atoms with Crippen LogP contribution in [-0.4, -0.2) is 72.6 Å². The van der Waals surface area contributed by atoms with Crippen molar-refractivity contribution >= 4 is 23.6 Å². The van der Waals surface area contributed by atoms with Crippen molar-refractivity contribution in [2.75, 3.05) is 0 Å². The van der Waals surface area contributed by atoms with Crippen LogP contribution in [0.3, 0.4) is 0 Å². The summed E-state index contributed by atoms with van der Waals surface area (Å²) in [7, 11) is 0. The molecule has 0 radical (unpaired) electrons. The maximum Gasteiger partial charge on any atom is 0.338 e. The van der Waals surface area contributed by atoms with E-state index >= 15 is 0 Å². The molecule has 3 aromatic rings. The van der Waals surface area contributed by atoms with E-state index in [0.29, 0.717) is 41.7 Å². The Bertz CT molecular complexity index is 1580. The Labute approximate surface area is 293 Å². The zero-order valence-electron chi connectivity index (χ0n) is 29.2. The Balaban J connectivity index is 1.47. The average Bonchev–Trinajstić information content (AvgIpc) is 3.13. The first-order chi connectivity index (χ1) is 24.1. The molecule has 10 unspecified atom stereocenters. The Kier molecular flexibility index (Phi) is 12.6. The van der Waals surface area contributed by atoms with Crippen molar-refractivity contribution in [3.8, 4) is 0 Å². The number of hydrogen-bond donors (Lipinski definition) is 1. The molecule has 0 spiro atoms. The molecular weight excluding hydrogens is 638 g/mol. The van der Waals surface area contributed by atoms with Crippen LogP contribution in [0.15, 0.2) is 91.0 Å². The first-order valence-electron chi connectivity index (χ1n) is 17.4. The summed E-state index contributed by atoms with van der Waals surface area (Å²) in [5.74, 6) is -2.58. The molecule has 0 aliphatic carbocycles. The highest BCUT2D eigenvalue weighted by Crippen LogP contribution is 2.39. The highest BCUT2D eigenvalue weighted by atomic mass is 16.7. The lowest BCUT2D eigenvalue weighted by molar-refractivity contribution is -0.318. The second kappa shape index (κ2) is 17.0. The van der Waals surface area contributed by atoms with Gasteiger partial charge in [-0.3, -0.25) is 0 Å². The van der Waals surface area contributed by atoms with Crippen molar-refractivity contribution in [2.24, 2.45) is 11.8 Å². The Morgan fingerprint density at radius 1 is 0.580 bits per heavy atom. The lowest BCUT2D eigenvalue weighted by Crippen LogP contribution is -2.61. The molecule has 1 N–H and O–H groups in total. The largest absolute Gasteiger partial charge is 0.454 e. The molecule has 0 amide bonds. The van der Waals surface area contributed by atoms with E-state index in [1.165, 1.54) is 0 Å². The fourth-order valence-electron chi connectivity index (χ4n) is 6.65. The van der Waals surface area contributed by atoms with E-state index < -0.39 is 66.7 Å². The minimum absolute atomic E-state index is 0.318. The minimum Gasteiger partial charge on any atom is -0.454 e. The van der Waals surface area contributed by atoms with E-state index in [2.05, 4.69) is 0 Å². The molecule has 10 atom stereocenters. The third-order valence-corrected chi connectivity index (χ3v) is 9.45. The van der Waals surface area contributed by atoms with Gasteiger partial charge in [-0.2, -0.15) is 0 Å². The molecule has 5 rings (SSSR count). The summed E-state index contributed by atoms with van der Waals surface area (Å²) < 4.78 is 38.3. The van der Waals surface area contributed by atoms with Gasteiger partial charge in [-0.05, 0) is 56.2 Å². The van der Waals surface area contributed by atoms with Gasteiger partial charge in [0.05, 0.1) is 28.9 Å². The Morgan fingerprint density at radius 3 is 1.40 bits per heavy atom. The number of rotatable bonds is 12. The van der Waals surface area contributed by atoms with Crippen molar-refractivity contribution in [3.63, 3.8) is 0 Å². The highest BCUT2D eigenvalue weighted by Gasteiger charge is 2.52. The number of nitrogens with one attached hydrogen (secondary N) is 1. The molecule has 2 aliphatic rings. The Hall–Kier alpha value is -4.38. The maximum absolute atomic E-state index is 13.5. The molecular formula is C40H47NO9. The van der Waals surface area contributed by atoms with Crippen LogP contribution in [0.5, 0.6) is 0 Å². The molecule has 2 heterocycles. The summed E-state index contributed by atoms with van der Waals surface area (Å²) >= 11 is 0. The first-order valence-corrected chi connectivity index (χ1v) is 17.4. The van der Waals surface area contributed by atoms with Gasteiger partial charge in [0.15, 0.2) is 18.5 Å². The first kappa shape index (κ1) is 36.9. The smallest absolute Gasteiger partial charge is 0.338 e. The average molecular weight is 686 g/mol. The molecule has 2 aliphatic heterocycles. The number of esters is 3. The van der Waals surface area contributed by atoms with E-state index in [1.54, 1.807) is 79.7 Å². The molecule has 10 nitrogen and oxygen atoms in total. The second-order valence-corrected chi connectivity index (χ2v) is 13.1. The van der Waals surface area contributed by atoms with Crippen LogP contribution in [0, 0.1) is 17.2 Å². The van der Waals surface area contributed by atoms with E-state index in [4.69, 9.17) is 33.8 Å². The van der Waals surface area contributed by atoms with Gasteiger partial charge >= 0.3 is 17.9 Å². The van der Waals surface area contributed by atoms with Gasteiger partial charge in [-0.1, -0.05) is 82.3 Å². The predicted molar refractivity (Wildman–Crippen MR) is 186 cm³/mol.